The van der Waals surface area contributed by atoms with Crippen LogP contribution in [0.15, 0.2) is 51.7 Å². The van der Waals surface area contributed by atoms with Gasteiger partial charge in [0.05, 0.1) is 17.0 Å². The number of nitrogens with zero attached hydrogens (tertiary/aromatic N) is 2. The van der Waals surface area contributed by atoms with Crippen LogP contribution in [0.2, 0.25) is 0 Å². The maximum absolute atomic E-state index is 12.7. The molecular formula is C19H12N2O6. The first-order valence-corrected chi connectivity index (χ1v) is 8.04. The molecule has 1 aromatic heterocycles. The lowest BCUT2D eigenvalue weighted by molar-refractivity contribution is -0.385. The number of aryl methyl sites for hydroxylation is 1. The molecule has 0 saturated carbocycles. The van der Waals surface area contributed by atoms with E-state index in [0.29, 0.717) is 16.5 Å². The summed E-state index contributed by atoms with van der Waals surface area (Å²) in [5.41, 5.74) is 0.401. The molecule has 4 rings (SSSR count). The molecule has 0 spiro atoms. The molecule has 134 valence electrons. The summed E-state index contributed by atoms with van der Waals surface area (Å²) in [5, 5.41) is 11.8. The molecule has 2 amide bonds. The molecule has 0 radical (unpaired) electrons. The SMILES string of the molecule is Cc1ccc2c(CN3C(=O)c4cccc([N+](=O)[O-])c4C3=O)cc(=O)oc2c1. The number of nitro benzene ring substituents is 1. The molecule has 1 aliphatic heterocycles. The fourth-order valence-electron chi connectivity index (χ4n) is 3.25. The molecule has 2 aromatic carbocycles. The van der Waals surface area contributed by atoms with E-state index in [1.54, 1.807) is 12.1 Å². The molecule has 0 bridgehead atoms. The summed E-state index contributed by atoms with van der Waals surface area (Å²) in [6, 6.07) is 10.4. The van der Waals surface area contributed by atoms with Crippen LogP contribution in [0.4, 0.5) is 5.69 Å². The number of nitro groups is 1. The zero-order chi connectivity index (χ0) is 19.3. The Morgan fingerprint density at radius 2 is 1.85 bits per heavy atom. The fraction of sp³-hybridized carbons (Fsp3) is 0.105. The predicted octanol–water partition coefficient (Wildman–Crippen LogP) is 2.81. The average Bonchev–Trinajstić information content (AvgIpc) is 2.86. The van der Waals surface area contributed by atoms with Gasteiger partial charge in [0.25, 0.3) is 17.5 Å². The van der Waals surface area contributed by atoms with Crippen molar-refractivity contribution in [1.82, 2.24) is 4.90 Å². The molecule has 8 heteroatoms. The van der Waals surface area contributed by atoms with Crippen molar-refractivity contribution in [2.24, 2.45) is 0 Å². The van der Waals surface area contributed by atoms with Gasteiger partial charge in [0.2, 0.25) is 0 Å². The van der Waals surface area contributed by atoms with Crippen LogP contribution in [-0.4, -0.2) is 21.6 Å². The van der Waals surface area contributed by atoms with Crippen LogP contribution in [0.5, 0.6) is 0 Å². The third-order valence-corrected chi connectivity index (χ3v) is 4.49. The monoisotopic (exact) mass is 364 g/mol. The van der Waals surface area contributed by atoms with Crippen molar-refractivity contribution in [3.05, 3.63) is 85.3 Å². The van der Waals surface area contributed by atoms with Crippen molar-refractivity contribution in [3.8, 4) is 0 Å². The van der Waals surface area contributed by atoms with E-state index in [1.807, 2.05) is 13.0 Å². The first-order chi connectivity index (χ1) is 12.9. The molecule has 27 heavy (non-hydrogen) atoms. The highest BCUT2D eigenvalue weighted by Gasteiger charge is 2.41. The van der Waals surface area contributed by atoms with E-state index in [4.69, 9.17) is 4.42 Å². The molecule has 8 nitrogen and oxygen atoms in total. The largest absolute Gasteiger partial charge is 0.423 e. The van der Waals surface area contributed by atoms with Crippen molar-refractivity contribution >= 4 is 28.5 Å². The Morgan fingerprint density at radius 3 is 2.59 bits per heavy atom. The van der Waals surface area contributed by atoms with Gasteiger partial charge in [-0.1, -0.05) is 18.2 Å². The van der Waals surface area contributed by atoms with Crippen LogP contribution in [0.1, 0.15) is 31.8 Å². The van der Waals surface area contributed by atoms with Gasteiger partial charge in [-0.05, 0) is 30.2 Å². The first kappa shape index (κ1) is 16.6. The van der Waals surface area contributed by atoms with Crippen molar-refractivity contribution in [2.45, 2.75) is 13.5 Å². The highest BCUT2D eigenvalue weighted by atomic mass is 16.6. The molecular weight excluding hydrogens is 352 g/mol. The fourth-order valence-corrected chi connectivity index (χ4v) is 3.25. The molecule has 0 atom stereocenters. The smallest absolute Gasteiger partial charge is 0.336 e. The van der Waals surface area contributed by atoms with Gasteiger partial charge < -0.3 is 4.42 Å². The first-order valence-electron chi connectivity index (χ1n) is 8.04. The molecule has 3 aromatic rings. The zero-order valence-electron chi connectivity index (χ0n) is 14.1. The number of hydrogen-bond donors (Lipinski definition) is 0. The van der Waals surface area contributed by atoms with E-state index >= 15 is 0 Å². The molecule has 0 N–H and O–H groups in total. The number of hydrogen-bond acceptors (Lipinski definition) is 6. The third-order valence-electron chi connectivity index (χ3n) is 4.49. The summed E-state index contributed by atoms with van der Waals surface area (Å²) in [6.45, 7) is 1.66. The van der Waals surface area contributed by atoms with E-state index in [9.17, 15) is 24.5 Å². The standard InChI is InChI=1S/C19H12N2O6/c1-10-5-6-12-11(8-16(22)27-15(12)7-10)9-20-18(23)13-3-2-4-14(21(25)26)17(13)19(20)24/h2-8H,9H2,1H3. The molecule has 0 saturated heterocycles. The van der Waals surface area contributed by atoms with Crippen LogP contribution in [0, 0.1) is 17.0 Å². The summed E-state index contributed by atoms with van der Waals surface area (Å²) in [6.07, 6.45) is 0. The minimum atomic E-state index is -0.754. The maximum atomic E-state index is 12.7. The Morgan fingerprint density at radius 1 is 1.07 bits per heavy atom. The summed E-state index contributed by atoms with van der Waals surface area (Å²) >= 11 is 0. The molecule has 0 aliphatic carbocycles. The van der Waals surface area contributed by atoms with E-state index < -0.39 is 28.1 Å². The number of rotatable bonds is 3. The maximum Gasteiger partial charge on any atom is 0.336 e. The number of imide groups is 1. The van der Waals surface area contributed by atoms with Crippen molar-refractivity contribution in [2.75, 3.05) is 0 Å². The lowest BCUT2D eigenvalue weighted by Crippen LogP contribution is -2.29. The minimum Gasteiger partial charge on any atom is -0.423 e. The number of carbonyl (C=O) groups excluding carboxylic acids is 2. The number of benzene rings is 2. The van der Waals surface area contributed by atoms with Crippen LogP contribution in [0.3, 0.4) is 0 Å². The summed E-state index contributed by atoms with van der Waals surface area (Å²) < 4.78 is 5.18. The highest BCUT2D eigenvalue weighted by Crippen LogP contribution is 2.32. The van der Waals surface area contributed by atoms with Gasteiger partial charge >= 0.3 is 5.63 Å². The zero-order valence-corrected chi connectivity index (χ0v) is 14.1. The Balaban J connectivity index is 1.81. The molecule has 0 fully saturated rings. The number of fused-ring (bicyclic) bond motifs is 2. The molecule has 2 heterocycles. The van der Waals surface area contributed by atoms with Gasteiger partial charge in [0, 0.05) is 17.5 Å². The van der Waals surface area contributed by atoms with E-state index in [0.717, 1.165) is 10.5 Å². The van der Waals surface area contributed by atoms with Crippen LogP contribution in [0.25, 0.3) is 11.0 Å². The average molecular weight is 364 g/mol. The Hall–Kier alpha value is -3.81. The minimum absolute atomic E-state index is 0.0164. The second-order valence-corrected chi connectivity index (χ2v) is 6.24. The van der Waals surface area contributed by atoms with E-state index in [-0.39, 0.29) is 17.7 Å². The number of amides is 2. The van der Waals surface area contributed by atoms with Crippen LogP contribution < -0.4 is 5.63 Å². The quantitative estimate of drug-likeness (QED) is 0.306. The summed E-state index contributed by atoms with van der Waals surface area (Å²) in [7, 11) is 0. The van der Waals surface area contributed by atoms with Gasteiger partial charge in [-0.2, -0.15) is 0 Å². The van der Waals surface area contributed by atoms with Gasteiger partial charge in [-0.15, -0.1) is 0 Å². The predicted molar refractivity (Wildman–Crippen MR) is 94.5 cm³/mol. The van der Waals surface area contributed by atoms with Crippen LogP contribution >= 0.6 is 0 Å². The van der Waals surface area contributed by atoms with Gasteiger partial charge in [0.15, 0.2) is 0 Å². The summed E-state index contributed by atoms with van der Waals surface area (Å²) in [5.74, 6) is -1.39. The van der Waals surface area contributed by atoms with Gasteiger partial charge in [-0.25, -0.2) is 4.79 Å². The summed E-state index contributed by atoms with van der Waals surface area (Å²) in [4.78, 5) is 48.6. The van der Waals surface area contributed by atoms with Gasteiger partial charge in [-0.3, -0.25) is 24.6 Å². The van der Waals surface area contributed by atoms with Crippen LogP contribution in [-0.2, 0) is 6.54 Å². The Kier molecular flexibility index (Phi) is 3.62. The topological polar surface area (TPSA) is 111 Å². The van der Waals surface area contributed by atoms with Gasteiger partial charge in [0.1, 0.15) is 11.1 Å². The van der Waals surface area contributed by atoms with Crippen molar-refractivity contribution in [3.63, 3.8) is 0 Å². The lowest BCUT2D eigenvalue weighted by Gasteiger charge is -2.15. The number of carbonyl (C=O) groups is 2. The molecule has 0 unspecified atom stereocenters. The highest BCUT2D eigenvalue weighted by molar-refractivity contribution is 6.23. The van der Waals surface area contributed by atoms with Crippen molar-refractivity contribution < 1.29 is 18.9 Å². The third kappa shape index (κ3) is 2.58. The lowest BCUT2D eigenvalue weighted by atomic mass is 10.1. The molecule has 1 aliphatic rings. The normalized spacial score (nSPS) is 13.3. The second-order valence-electron chi connectivity index (χ2n) is 6.24. The Labute approximate surface area is 151 Å². The van der Waals surface area contributed by atoms with E-state index in [1.165, 1.54) is 24.3 Å². The van der Waals surface area contributed by atoms with Crippen molar-refractivity contribution in [1.29, 1.82) is 0 Å². The Bertz CT molecular complexity index is 1210. The second kappa shape index (κ2) is 5.87. The van der Waals surface area contributed by atoms with E-state index in [2.05, 4.69) is 0 Å².